The molecule has 0 saturated heterocycles. The Bertz CT molecular complexity index is 495. The van der Waals surface area contributed by atoms with E-state index in [9.17, 15) is 10.1 Å². The van der Waals surface area contributed by atoms with E-state index >= 15 is 0 Å². The average molecular weight is 204 g/mol. The summed E-state index contributed by atoms with van der Waals surface area (Å²) in [5.41, 5.74) is 2.53. The minimum Gasteiger partial charge on any atom is -0.423 e. The molecule has 2 aliphatic heterocycles. The number of benzene rings is 1. The summed E-state index contributed by atoms with van der Waals surface area (Å²) in [6.07, 6.45) is 0.688. The lowest BCUT2D eigenvalue weighted by Gasteiger charge is -2.21. The molecule has 2 heterocycles. The SMILES string of the molecule is Cc1ccc2c(c1)OC([N+](=O)[O-])C1=CN12. The van der Waals surface area contributed by atoms with E-state index in [0.717, 1.165) is 11.3 Å². The zero-order valence-electron chi connectivity index (χ0n) is 8.01. The Morgan fingerprint density at radius 1 is 1.53 bits per heavy atom. The van der Waals surface area contributed by atoms with Gasteiger partial charge < -0.3 is 9.64 Å². The maximum Gasteiger partial charge on any atom is 0.397 e. The number of nitro groups is 1. The van der Waals surface area contributed by atoms with Crippen LogP contribution >= 0.6 is 0 Å². The number of aryl methyl sites for hydroxylation is 1. The number of ether oxygens (including phenoxy) is 1. The van der Waals surface area contributed by atoms with E-state index in [0.29, 0.717) is 11.4 Å². The second-order valence-corrected chi connectivity index (χ2v) is 3.65. The van der Waals surface area contributed by atoms with Gasteiger partial charge in [0.2, 0.25) is 0 Å². The van der Waals surface area contributed by atoms with Crippen LogP contribution in [-0.2, 0) is 0 Å². The van der Waals surface area contributed by atoms with Gasteiger partial charge >= 0.3 is 6.23 Å². The van der Waals surface area contributed by atoms with Crippen molar-refractivity contribution < 1.29 is 9.66 Å². The minimum absolute atomic E-state index is 0.420. The monoisotopic (exact) mass is 204 g/mol. The van der Waals surface area contributed by atoms with Crippen LogP contribution < -0.4 is 9.64 Å². The Hall–Kier alpha value is -2.04. The van der Waals surface area contributed by atoms with Gasteiger partial charge in [-0.1, -0.05) is 6.07 Å². The topological polar surface area (TPSA) is 55.4 Å². The van der Waals surface area contributed by atoms with Gasteiger partial charge in [-0.25, -0.2) is 0 Å². The number of hydrogen-bond acceptors (Lipinski definition) is 4. The van der Waals surface area contributed by atoms with Gasteiger partial charge in [0.1, 0.15) is 0 Å². The largest absolute Gasteiger partial charge is 0.423 e. The molecule has 1 unspecified atom stereocenters. The summed E-state index contributed by atoms with van der Waals surface area (Å²) in [4.78, 5) is 12.1. The van der Waals surface area contributed by atoms with Gasteiger partial charge in [-0.15, -0.1) is 0 Å². The maximum atomic E-state index is 10.7. The van der Waals surface area contributed by atoms with Crippen molar-refractivity contribution in [1.29, 1.82) is 0 Å². The normalized spacial score (nSPS) is 21.0. The fraction of sp³-hybridized carbons (Fsp3) is 0.200. The first-order valence-corrected chi connectivity index (χ1v) is 4.58. The first-order chi connectivity index (χ1) is 7.16. The third kappa shape index (κ3) is 1.09. The molecule has 5 nitrogen and oxygen atoms in total. The van der Waals surface area contributed by atoms with Gasteiger partial charge in [-0.2, -0.15) is 0 Å². The smallest absolute Gasteiger partial charge is 0.397 e. The summed E-state index contributed by atoms with van der Waals surface area (Å²) in [5.74, 6) is 0.578. The van der Waals surface area contributed by atoms with Crippen molar-refractivity contribution in [3.63, 3.8) is 0 Å². The van der Waals surface area contributed by atoms with Crippen molar-refractivity contribution in [3.8, 4) is 5.75 Å². The van der Waals surface area contributed by atoms with Crippen molar-refractivity contribution in [2.24, 2.45) is 0 Å². The van der Waals surface area contributed by atoms with E-state index in [1.54, 1.807) is 11.1 Å². The Kier molecular flexibility index (Phi) is 1.38. The number of fused-ring (bicyclic) bond motifs is 3. The average Bonchev–Trinajstić information content (AvgIpc) is 2.95. The molecule has 0 aliphatic carbocycles. The first-order valence-electron chi connectivity index (χ1n) is 4.58. The summed E-state index contributed by atoms with van der Waals surface area (Å²) in [5, 5.41) is 10.7. The maximum absolute atomic E-state index is 10.7. The second kappa shape index (κ2) is 2.50. The van der Waals surface area contributed by atoms with Gasteiger partial charge in [0.05, 0.1) is 10.6 Å². The van der Waals surface area contributed by atoms with E-state index in [1.165, 1.54) is 0 Å². The quantitative estimate of drug-likeness (QED) is 0.515. The highest BCUT2D eigenvalue weighted by atomic mass is 16.7. The van der Waals surface area contributed by atoms with Gasteiger partial charge in [0, 0.05) is 6.20 Å². The molecule has 0 amide bonds. The highest BCUT2D eigenvalue weighted by molar-refractivity contribution is 5.74. The fourth-order valence-electron chi connectivity index (χ4n) is 1.74. The zero-order valence-corrected chi connectivity index (χ0v) is 8.01. The Balaban J connectivity index is 2.04. The van der Waals surface area contributed by atoms with Crippen molar-refractivity contribution in [3.05, 3.63) is 45.8 Å². The Morgan fingerprint density at radius 3 is 3.07 bits per heavy atom. The summed E-state index contributed by atoms with van der Waals surface area (Å²) < 4.78 is 5.32. The molecule has 3 rings (SSSR count). The summed E-state index contributed by atoms with van der Waals surface area (Å²) >= 11 is 0. The van der Waals surface area contributed by atoms with Crippen LogP contribution in [0.15, 0.2) is 30.1 Å². The predicted octanol–water partition coefficient (Wildman–Crippen LogP) is 1.65. The van der Waals surface area contributed by atoms with E-state index < -0.39 is 11.2 Å². The van der Waals surface area contributed by atoms with E-state index in [-0.39, 0.29) is 0 Å². The van der Waals surface area contributed by atoms with Gasteiger partial charge in [-0.05, 0) is 24.6 Å². The van der Waals surface area contributed by atoms with Crippen LogP contribution in [-0.4, -0.2) is 11.2 Å². The molecular formula is C10H8N2O3. The zero-order chi connectivity index (χ0) is 10.6. The first kappa shape index (κ1) is 8.28. The lowest BCUT2D eigenvalue weighted by atomic mass is 10.2. The lowest BCUT2D eigenvalue weighted by molar-refractivity contribution is -0.550. The number of rotatable bonds is 1. The van der Waals surface area contributed by atoms with Gasteiger partial charge in [0.25, 0.3) is 0 Å². The lowest BCUT2D eigenvalue weighted by Crippen LogP contribution is -2.31. The molecule has 0 aromatic heterocycles. The van der Waals surface area contributed by atoms with Crippen LogP contribution in [0.4, 0.5) is 5.69 Å². The Morgan fingerprint density at radius 2 is 2.33 bits per heavy atom. The predicted molar refractivity (Wildman–Crippen MR) is 53.2 cm³/mol. The Labute approximate surface area is 85.7 Å². The fourth-order valence-corrected chi connectivity index (χ4v) is 1.74. The van der Waals surface area contributed by atoms with Gasteiger partial charge in [0.15, 0.2) is 11.4 Å². The molecule has 0 N–H and O–H groups in total. The van der Waals surface area contributed by atoms with Crippen LogP contribution in [0.5, 0.6) is 5.75 Å². The third-order valence-electron chi connectivity index (χ3n) is 2.53. The highest BCUT2D eigenvalue weighted by Gasteiger charge is 2.46. The van der Waals surface area contributed by atoms with E-state index in [4.69, 9.17) is 4.74 Å². The van der Waals surface area contributed by atoms with Crippen molar-refractivity contribution in [1.82, 2.24) is 0 Å². The van der Waals surface area contributed by atoms with Crippen LogP contribution in [0, 0.1) is 17.0 Å². The molecule has 0 saturated carbocycles. The van der Waals surface area contributed by atoms with Crippen molar-refractivity contribution in [2.75, 3.05) is 4.90 Å². The summed E-state index contributed by atoms with van der Waals surface area (Å²) in [6.45, 7) is 1.93. The minimum atomic E-state index is -1.04. The van der Waals surface area contributed by atoms with Crippen LogP contribution in [0.3, 0.4) is 0 Å². The van der Waals surface area contributed by atoms with Crippen molar-refractivity contribution >= 4 is 5.69 Å². The standard InChI is InChI=1S/C10H8N2O3/c1-6-2-3-7-9(4-6)15-10(12(13)14)8-5-11(7)8/h2-5,10H,1H3. The van der Waals surface area contributed by atoms with E-state index in [1.807, 2.05) is 25.1 Å². The van der Waals surface area contributed by atoms with Crippen LogP contribution in [0.25, 0.3) is 0 Å². The molecule has 2 aliphatic rings. The van der Waals surface area contributed by atoms with Gasteiger partial charge in [-0.3, -0.25) is 10.1 Å². The molecule has 5 heteroatoms. The molecule has 0 spiro atoms. The van der Waals surface area contributed by atoms with E-state index in [2.05, 4.69) is 0 Å². The molecule has 1 aromatic carbocycles. The molecule has 15 heavy (non-hydrogen) atoms. The molecular weight excluding hydrogens is 196 g/mol. The number of anilines is 1. The molecule has 0 radical (unpaired) electrons. The summed E-state index contributed by atoms with van der Waals surface area (Å²) in [6, 6.07) is 5.68. The number of hydrogen-bond donors (Lipinski definition) is 0. The molecule has 0 fully saturated rings. The van der Waals surface area contributed by atoms with Crippen LogP contribution in [0.2, 0.25) is 0 Å². The highest BCUT2D eigenvalue weighted by Crippen LogP contribution is 2.45. The molecule has 1 atom stereocenters. The summed E-state index contributed by atoms with van der Waals surface area (Å²) in [7, 11) is 0. The number of nitrogens with zero attached hydrogens (tertiary/aromatic N) is 2. The van der Waals surface area contributed by atoms with Crippen LogP contribution in [0.1, 0.15) is 5.56 Å². The molecule has 0 bridgehead atoms. The third-order valence-corrected chi connectivity index (χ3v) is 2.53. The molecule has 76 valence electrons. The van der Waals surface area contributed by atoms with Crippen molar-refractivity contribution in [2.45, 2.75) is 13.2 Å². The molecule has 1 aromatic rings. The second-order valence-electron chi connectivity index (χ2n) is 3.65.